The molecular formula is C21H29N3O3. The predicted octanol–water partition coefficient (Wildman–Crippen LogP) is 4.49. The van der Waals surface area contributed by atoms with Gasteiger partial charge in [-0.15, -0.1) is 0 Å². The van der Waals surface area contributed by atoms with Gasteiger partial charge in [-0.25, -0.2) is 9.78 Å². The highest BCUT2D eigenvalue weighted by molar-refractivity contribution is 5.68. The van der Waals surface area contributed by atoms with Gasteiger partial charge in [-0.2, -0.15) is 0 Å². The summed E-state index contributed by atoms with van der Waals surface area (Å²) >= 11 is 0. The molecule has 1 N–H and O–H groups in total. The van der Waals surface area contributed by atoms with Gasteiger partial charge in [0, 0.05) is 18.7 Å². The first-order valence-corrected chi connectivity index (χ1v) is 9.61. The van der Waals surface area contributed by atoms with Crippen LogP contribution in [0.1, 0.15) is 40.0 Å². The summed E-state index contributed by atoms with van der Waals surface area (Å²) in [4.78, 5) is 21.2. The molecule has 1 aromatic carbocycles. The van der Waals surface area contributed by atoms with Crippen molar-refractivity contribution in [1.82, 2.24) is 14.9 Å². The third kappa shape index (κ3) is 5.49. The molecule has 27 heavy (non-hydrogen) atoms. The quantitative estimate of drug-likeness (QED) is 0.841. The number of imidazole rings is 1. The van der Waals surface area contributed by atoms with E-state index in [-0.39, 0.29) is 6.09 Å². The van der Waals surface area contributed by atoms with Crippen LogP contribution in [0.3, 0.4) is 0 Å². The number of rotatable bonds is 5. The van der Waals surface area contributed by atoms with Gasteiger partial charge in [-0.3, -0.25) is 0 Å². The molecule has 1 amide bonds. The number of piperidine rings is 1. The molecule has 0 aliphatic carbocycles. The number of nitrogens with one attached hydrogen (secondary N) is 1. The second kappa shape index (κ2) is 8.46. The van der Waals surface area contributed by atoms with Crippen molar-refractivity contribution in [2.45, 2.75) is 45.6 Å². The number of carbonyl (C=O) groups is 1. The average molecular weight is 371 g/mol. The summed E-state index contributed by atoms with van der Waals surface area (Å²) in [7, 11) is 0. The summed E-state index contributed by atoms with van der Waals surface area (Å²) in [6, 6.07) is 7.99. The normalized spacial score (nSPS) is 15.6. The van der Waals surface area contributed by atoms with Gasteiger partial charge in [0.25, 0.3) is 0 Å². The molecule has 2 heterocycles. The van der Waals surface area contributed by atoms with Crippen LogP contribution in [-0.2, 0) is 4.74 Å². The minimum atomic E-state index is -0.441. The second-order valence-corrected chi connectivity index (χ2v) is 8.01. The minimum absolute atomic E-state index is 0.203. The van der Waals surface area contributed by atoms with Crippen LogP contribution in [0.4, 0.5) is 4.79 Å². The summed E-state index contributed by atoms with van der Waals surface area (Å²) in [6.07, 6.45) is 6.24. The predicted molar refractivity (Wildman–Crippen MR) is 105 cm³/mol. The first-order valence-electron chi connectivity index (χ1n) is 9.61. The number of aromatic nitrogens is 2. The van der Waals surface area contributed by atoms with Gasteiger partial charge >= 0.3 is 6.09 Å². The van der Waals surface area contributed by atoms with Crippen molar-refractivity contribution < 1.29 is 14.3 Å². The zero-order valence-corrected chi connectivity index (χ0v) is 16.4. The Morgan fingerprint density at radius 3 is 2.67 bits per heavy atom. The standard InChI is InChI=1S/C21H29N3O3/c1-21(2,3)27-20(25)24-11-8-16(9-12-24)10-13-26-19-7-5-4-6-17(19)18-14-22-15-23-18/h4-7,14-16H,8-13H2,1-3H3,(H,22,23). The third-order valence-corrected chi connectivity index (χ3v) is 4.73. The molecule has 6 nitrogen and oxygen atoms in total. The number of nitrogens with zero attached hydrogens (tertiary/aromatic N) is 2. The molecule has 1 aliphatic heterocycles. The van der Waals surface area contributed by atoms with Gasteiger partial charge in [0.05, 0.1) is 24.8 Å². The fourth-order valence-electron chi connectivity index (χ4n) is 3.28. The monoisotopic (exact) mass is 371 g/mol. The molecule has 146 valence electrons. The Kier molecular flexibility index (Phi) is 6.04. The third-order valence-electron chi connectivity index (χ3n) is 4.73. The van der Waals surface area contributed by atoms with Crippen LogP contribution in [0.15, 0.2) is 36.8 Å². The molecule has 0 saturated carbocycles. The Hall–Kier alpha value is -2.50. The van der Waals surface area contributed by atoms with E-state index in [2.05, 4.69) is 9.97 Å². The lowest BCUT2D eigenvalue weighted by Gasteiger charge is -2.33. The molecule has 0 spiro atoms. The number of ether oxygens (including phenoxy) is 2. The van der Waals surface area contributed by atoms with Crippen molar-refractivity contribution in [2.24, 2.45) is 5.92 Å². The number of H-pyrrole nitrogens is 1. The average Bonchev–Trinajstić information content (AvgIpc) is 3.16. The highest BCUT2D eigenvalue weighted by atomic mass is 16.6. The zero-order valence-electron chi connectivity index (χ0n) is 16.4. The number of benzene rings is 1. The Morgan fingerprint density at radius 2 is 2.00 bits per heavy atom. The molecule has 0 atom stereocenters. The lowest BCUT2D eigenvalue weighted by Crippen LogP contribution is -2.41. The Labute approximate surface area is 160 Å². The van der Waals surface area contributed by atoms with E-state index < -0.39 is 5.60 Å². The summed E-state index contributed by atoms with van der Waals surface area (Å²) in [5, 5.41) is 0. The van der Waals surface area contributed by atoms with Gasteiger partial charge in [-0.05, 0) is 58.1 Å². The molecule has 1 aliphatic rings. The first-order chi connectivity index (χ1) is 12.9. The molecule has 1 aromatic heterocycles. The van der Waals surface area contributed by atoms with Crippen LogP contribution in [-0.4, -0.2) is 46.3 Å². The number of amides is 1. The van der Waals surface area contributed by atoms with E-state index in [0.717, 1.165) is 49.4 Å². The van der Waals surface area contributed by atoms with Crippen molar-refractivity contribution in [2.75, 3.05) is 19.7 Å². The zero-order chi connectivity index (χ0) is 19.3. The molecular weight excluding hydrogens is 342 g/mol. The molecule has 3 rings (SSSR count). The first kappa shape index (κ1) is 19.3. The molecule has 0 radical (unpaired) electrons. The van der Waals surface area contributed by atoms with Gasteiger partial charge in [-0.1, -0.05) is 12.1 Å². The lowest BCUT2D eigenvalue weighted by molar-refractivity contribution is 0.0177. The van der Waals surface area contributed by atoms with Gasteiger partial charge in [0.2, 0.25) is 0 Å². The number of carbonyl (C=O) groups excluding carboxylic acids is 1. The Morgan fingerprint density at radius 1 is 1.26 bits per heavy atom. The maximum absolute atomic E-state index is 12.1. The number of hydrogen-bond acceptors (Lipinski definition) is 4. The van der Waals surface area contributed by atoms with Gasteiger partial charge in [0.15, 0.2) is 0 Å². The highest BCUT2D eigenvalue weighted by Gasteiger charge is 2.26. The fraction of sp³-hybridized carbons (Fsp3) is 0.524. The maximum Gasteiger partial charge on any atom is 0.410 e. The van der Waals surface area contributed by atoms with Crippen molar-refractivity contribution >= 4 is 6.09 Å². The van der Waals surface area contributed by atoms with E-state index in [1.807, 2.05) is 49.9 Å². The SMILES string of the molecule is CC(C)(C)OC(=O)N1CCC(CCOc2ccccc2-c2cnc[nH]2)CC1. The van der Waals surface area contributed by atoms with Crippen LogP contribution in [0.25, 0.3) is 11.3 Å². The summed E-state index contributed by atoms with van der Waals surface area (Å²) in [5.74, 6) is 1.44. The van der Waals surface area contributed by atoms with Crippen LogP contribution in [0, 0.1) is 5.92 Å². The number of likely N-dealkylation sites (tertiary alicyclic amines) is 1. The van der Waals surface area contributed by atoms with E-state index in [4.69, 9.17) is 9.47 Å². The van der Waals surface area contributed by atoms with Gasteiger partial charge < -0.3 is 19.4 Å². The topological polar surface area (TPSA) is 67.4 Å². The summed E-state index contributed by atoms with van der Waals surface area (Å²) in [6.45, 7) is 7.87. The van der Waals surface area contributed by atoms with Gasteiger partial charge in [0.1, 0.15) is 11.4 Å². The number of aromatic amines is 1. The van der Waals surface area contributed by atoms with Crippen molar-refractivity contribution in [3.63, 3.8) is 0 Å². The lowest BCUT2D eigenvalue weighted by atomic mass is 9.94. The largest absolute Gasteiger partial charge is 0.493 e. The van der Waals surface area contributed by atoms with E-state index in [1.165, 1.54) is 0 Å². The molecule has 6 heteroatoms. The molecule has 0 bridgehead atoms. The van der Waals surface area contributed by atoms with E-state index >= 15 is 0 Å². The van der Waals surface area contributed by atoms with Crippen molar-refractivity contribution in [3.8, 4) is 17.0 Å². The Balaban J connectivity index is 1.45. The van der Waals surface area contributed by atoms with E-state index in [9.17, 15) is 4.79 Å². The van der Waals surface area contributed by atoms with Crippen LogP contribution in [0.2, 0.25) is 0 Å². The van der Waals surface area contributed by atoms with Crippen LogP contribution in [0.5, 0.6) is 5.75 Å². The second-order valence-electron chi connectivity index (χ2n) is 8.01. The highest BCUT2D eigenvalue weighted by Crippen LogP contribution is 2.29. The van der Waals surface area contributed by atoms with Crippen molar-refractivity contribution in [3.05, 3.63) is 36.8 Å². The van der Waals surface area contributed by atoms with Crippen molar-refractivity contribution in [1.29, 1.82) is 0 Å². The molecule has 1 saturated heterocycles. The number of para-hydroxylation sites is 1. The smallest absolute Gasteiger partial charge is 0.410 e. The van der Waals surface area contributed by atoms with E-state index in [0.29, 0.717) is 12.5 Å². The fourth-order valence-corrected chi connectivity index (χ4v) is 3.28. The number of hydrogen-bond donors (Lipinski definition) is 1. The Bertz CT molecular complexity index is 729. The van der Waals surface area contributed by atoms with Crippen LogP contribution < -0.4 is 4.74 Å². The maximum atomic E-state index is 12.1. The minimum Gasteiger partial charge on any atom is -0.493 e. The van der Waals surface area contributed by atoms with E-state index in [1.54, 1.807) is 12.5 Å². The molecule has 2 aromatic rings. The molecule has 0 unspecified atom stereocenters. The summed E-state index contributed by atoms with van der Waals surface area (Å²) in [5.41, 5.74) is 1.54. The molecule has 1 fully saturated rings. The summed E-state index contributed by atoms with van der Waals surface area (Å²) < 4.78 is 11.5. The van der Waals surface area contributed by atoms with Crippen LogP contribution >= 0.6 is 0 Å².